The molecular weight excluding hydrogens is 404 g/mol. The molecule has 0 saturated carbocycles. The number of pyridine rings is 1. The minimum Gasteiger partial charge on any atom is -0.507 e. The van der Waals surface area contributed by atoms with Crippen LogP contribution in [0.4, 0.5) is 0 Å². The molecule has 1 aliphatic rings. The largest absolute Gasteiger partial charge is 0.507 e. The first-order chi connectivity index (χ1) is 15.5. The van der Waals surface area contributed by atoms with Crippen LogP contribution in [0.2, 0.25) is 0 Å². The molecule has 0 bridgehead atoms. The molecule has 1 saturated heterocycles. The van der Waals surface area contributed by atoms with Gasteiger partial charge in [0.15, 0.2) is 0 Å². The van der Waals surface area contributed by atoms with E-state index in [0.717, 1.165) is 51.9 Å². The van der Waals surface area contributed by atoms with E-state index in [1.807, 2.05) is 43.3 Å². The highest BCUT2D eigenvalue weighted by atomic mass is 16.5. The van der Waals surface area contributed by atoms with Crippen molar-refractivity contribution in [1.82, 2.24) is 9.55 Å². The first kappa shape index (κ1) is 20.3. The summed E-state index contributed by atoms with van der Waals surface area (Å²) in [5.41, 5.74) is 5.98. The monoisotopic (exact) mass is 428 g/mol. The molecule has 6 nitrogen and oxygen atoms in total. The first-order valence-corrected chi connectivity index (χ1v) is 10.8. The molecule has 1 aliphatic heterocycles. The number of carbonyl (C=O) groups is 1. The molecule has 162 valence electrons. The third-order valence-corrected chi connectivity index (χ3v) is 6.18. The Labute approximate surface area is 185 Å². The maximum atomic E-state index is 11.4. The molecular formula is C26H24N2O4. The summed E-state index contributed by atoms with van der Waals surface area (Å²) >= 11 is 0. The van der Waals surface area contributed by atoms with Gasteiger partial charge in [0.2, 0.25) is 0 Å². The number of aryl methyl sites for hydroxylation is 1. The van der Waals surface area contributed by atoms with Gasteiger partial charge >= 0.3 is 5.97 Å². The van der Waals surface area contributed by atoms with E-state index in [1.54, 1.807) is 24.4 Å². The van der Waals surface area contributed by atoms with E-state index in [-0.39, 0.29) is 17.2 Å². The molecule has 0 unspecified atom stereocenters. The Hall–Kier alpha value is -3.64. The molecule has 32 heavy (non-hydrogen) atoms. The quantitative estimate of drug-likeness (QED) is 0.461. The zero-order valence-corrected chi connectivity index (χ0v) is 17.8. The molecule has 0 atom stereocenters. The van der Waals surface area contributed by atoms with E-state index in [1.165, 1.54) is 0 Å². The lowest BCUT2D eigenvalue weighted by Gasteiger charge is -2.26. The van der Waals surface area contributed by atoms with Gasteiger partial charge in [0.25, 0.3) is 0 Å². The number of carboxylic acids is 1. The van der Waals surface area contributed by atoms with Gasteiger partial charge in [-0.25, -0.2) is 4.79 Å². The third-order valence-electron chi connectivity index (χ3n) is 6.18. The zero-order valence-electron chi connectivity index (χ0n) is 17.8. The smallest absolute Gasteiger partial charge is 0.335 e. The number of phenolic OH excluding ortho intramolecular Hbond substituents is 1. The van der Waals surface area contributed by atoms with Crippen molar-refractivity contribution < 1.29 is 19.7 Å². The Morgan fingerprint density at radius 1 is 1.09 bits per heavy atom. The molecule has 0 radical (unpaired) electrons. The van der Waals surface area contributed by atoms with Gasteiger partial charge in [0, 0.05) is 53.4 Å². The Morgan fingerprint density at radius 2 is 1.84 bits per heavy atom. The lowest BCUT2D eigenvalue weighted by atomic mass is 9.89. The van der Waals surface area contributed by atoms with Crippen LogP contribution in [0.25, 0.3) is 27.7 Å². The molecule has 0 amide bonds. The number of carboxylic acid groups (broad SMARTS) is 1. The summed E-state index contributed by atoms with van der Waals surface area (Å²) in [6.07, 6.45) is 3.55. The predicted molar refractivity (Wildman–Crippen MR) is 123 cm³/mol. The van der Waals surface area contributed by atoms with Crippen LogP contribution in [-0.2, 0) is 4.74 Å². The second-order valence-electron chi connectivity index (χ2n) is 8.19. The number of aromatic hydroxyl groups is 1. The summed E-state index contributed by atoms with van der Waals surface area (Å²) < 4.78 is 7.86. The van der Waals surface area contributed by atoms with Gasteiger partial charge in [-0.15, -0.1) is 0 Å². The molecule has 2 aromatic heterocycles. The van der Waals surface area contributed by atoms with Gasteiger partial charge in [-0.1, -0.05) is 18.2 Å². The molecule has 0 spiro atoms. The number of hydrogen-bond acceptors (Lipinski definition) is 4. The summed E-state index contributed by atoms with van der Waals surface area (Å²) in [5, 5.41) is 21.1. The standard InChI is InChI=1S/C26H24N2O4/c1-16-15-20(9-12-27-16)28-21-3-2-4-22(29)24(21)23(25(28)18-10-13-32-14-11-18)17-5-7-19(8-6-17)26(30)31/h2-9,12,15,18,29H,10-11,13-14H2,1H3,(H,30,31). The van der Waals surface area contributed by atoms with Crippen LogP contribution < -0.4 is 0 Å². The maximum absolute atomic E-state index is 11.4. The highest BCUT2D eigenvalue weighted by Crippen LogP contribution is 2.46. The third kappa shape index (κ3) is 3.42. The number of phenols is 1. The number of ether oxygens (including phenoxy) is 1. The van der Waals surface area contributed by atoms with Gasteiger partial charge in [-0.05, 0) is 61.7 Å². The van der Waals surface area contributed by atoms with Crippen molar-refractivity contribution in [3.8, 4) is 22.6 Å². The molecule has 5 rings (SSSR count). The minimum atomic E-state index is -0.960. The summed E-state index contributed by atoms with van der Waals surface area (Å²) in [5.74, 6) is -0.519. The summed E-state index contributed by atoms with van der Waals surface area (Å²) in [4.78, 5) is 15.7. The van der Waals surface area contributed by atoms with E-state index in [2.05, 4.69) is 9.55 Å². The van der Waals surface area contributed by atoms with Crippen molar-refractivity contribution in [2.45, 2.75) is 25.7 Å². The highest BCUT2D eigenvalue weighted by Gasteiger charge is 2.29. The van der Waals surface area contributed by atoms with Crippen LogP contribution in [0.5, 0.6) is 5.75 Å². The van der Waals surface area contributed by atoms with Gasteiger partial charge in [-0.3, -0.25) is 4.98 Å². The van der Waals surface area contributed by atoms with Crippen molar-refractivity contribution in [2.24, 2.45) is 0 Å². The number of aromatic carboxylic acids is 1. The molecule has 0 aliphatic carbocycles. The van der Waals surface area contributed by atoms with Gasteiger partial charge in [-0.2, -0.15) is 0 Å². The van der Waals surface area contributed by atoms with Crippen LogP contribution >= 0.6 is 0 Å². The molecule has 3 heterocycles. The van der Waals surface area contributed by atoms with Crippen molar-refractivity contribution >= 4 is 16.9 Å². The lowest BCUT2D eigenvalue weighted by Crippen LogP contribution is -2.17. The topological polar surface area (TPSA) is 84.6 Å². The Kier molecular flexibility index (Phi) is 5.15. The van der Waals surface area contributed by atoms with Gasteiger partial charge < -0.3 is 19.5 Å². The molecule has 1 fully saturated rings. The second-order valence-corrected chi connectivity index (χ2v) is 8.19. The van der Waals surface area contributed by atoms with Gasteiger partial charge in [0.1, 0.15) is 5.75 Å². The first-order valence-electron chi connectivity index (χ1n) is 10.8. The zero-order chi connectivity index (χ0) is 22.2. The Bertz CT molecular complexity index is 1300. The average molecular weight is 428 g/mol. The van der Waals surface area contributed by atoms with E-state index >= 15 is 0 Å². The number of benzene rings is 2. The fourth-order valence-corrected chi connectivity index (χ4v) is 4.72. The Balaban J connectivity index is 1.86. The van der Waals surface area contributed by atoms with E-state index in [9.17, 15) is 15.0 Å². The number of nitrogens with zero attached hydrogens (tertiary/aromatic N) is 2. The minimum absolute atomic E-state index is 0.206. The highest BCUT2D eigenvalue weighted by molar-refractivity contribution is 6.03. The van der Waals surface area contributed by atoms with Crippen molar-refractivity contribution in [3.63, 3.8) is 0 Å². The SMILES string of the molecule is Cc1cc(-n2c(C3CCOCC3)c(-c3ccc(C(=O)O)cc3)c3c(O)cccc32)ccn1. The summed E-state index contributed by atoms with van der Waals surface area (Å²) in [6.45, 7) is 3.34. The maximum Gasteiger partial charge on any atom is 0.335 e. The molecule has 2 aromatic carbocycles. The van der Waals surface area contributed by atoms with Crippen molar-refractivity contribution in [1.29, 1.82) is 0 Å². The lowest BCUT2D eigenvalue weighted by molar-refractivity contribution is 0.0697. The van der Waals surface area contributed by atoms with E-state index in [0.29, 0.717) is 13.2 Å². The number of hydrogen-bond donors (Lipinski definition) is 2. The van der Waals surface area contributed by atoms with E-state index in [4.69, 9.17) is 4.74 Å². The molecule has 6 heteroatoms. The Morgan fingerprint density at radius 3 is 2.53 bits per heavy atom. The molecule has 4 aromatic rings. The van der Waals surface area contributed by atoms with Gasteiger partial charge in [0.05, 0.1) is 11.1 Å². The van der Waals surface area contributed by atoms with Crippen LogP contribution in [0.15, 0.2) is 60.8 Å². The van der Waals surface area contributed by atoms with E-state index < -0.39 is 5.97 Å². The number of rotatable bonds is 4. The number of fused-ring (bicyclic) bond motifs is 1. The van der Waals surface area contributed by atoms with Crippen LogP contribution in [0.3, 0.4) is 0 Å². The summed E-state index contributed by atoms with van der Waals surface area (Å²) in [6, 6.07) is 16.5. The van der Waals surface area contributed by atoms with Crippen LogP contribution in [-0.4, -0.2) is 38.9 Å². The van der Waals surface area contributed by atoms with Crippen LogP contribution in [0.1, 0.15) is 40.5 Å². The summed E-state index contributed by atoms with van der Waals surface area (Å²) in [7, 11) is 0. The van der Waals surface area contributed by atoms with Crippen molar-refractivity contribution in [2.75, 3.05) is 13.2 Å². The fourth-order valence-electron chi connectivity index (χ4n) is 4.72. The predicted octanol–water partition coefficient (Wildman–Crippen LogP) is 5.30. The molecule has 2 N–H and O–H groups in total. The average Bonchev–Trinajstić information content (AvgIpc) is 3.16. The number of aromatic nitrogens is 2. The van der Waals surface area contributed by atoms with Crippen molar-refractivity contribution in [3.05, 3.63) is 77.7 Å². The second kappa shape index (κ2) is 8.13. The fraction of sp³-hybridized carbons (Fsp3) is 0.231. The normalized spacial score (nSPS) is 14.7. The van der Waals surface area contributed by atoms with Crippen LogP contribution in [0, 0.1) is 6.92 Å².